The molecular formula is C22H27N2O8PS2. The first-order valence-corrected chi connectivity index (χ1v) is 14.1. The monoisotopic (exact) mass is 542 g/mol. The highest BCUT2D eigenvalue weighted by molar-refractivity contribution is 7.64. The second-order valence-electron chi connectivity index (χ2n) is 6.90. The van der Waals surface area contributed by atoms with E-state index in [9.17, 15) is 18.9 Å². The van der Waals surface area contributed by atoms with Crippen LogP contribution in [0.25, 0.3) is 10.1 Å². The summed E-state index contributed by atoms with van der Waals surface area (Å²) < 4.78 is 22.1. The summed E-state index contributed by atoms with van der Waals surface area (Å²) in [4.78, 5) is 53.0. The number of hydrogen-bond donors (Lipinski definition) is 1. The van der Waals surface area contributed by atoms with Crippen LogP contribution < -0.4 is 10.1 Å². The molecule has 0 aliphatic rings. The molecule has 13 heteroatoms. The van der Waals surface area contributed by atoms with Gasteiger partial charge in [-0.3, -0.25) is 14.6 Å². The maximum Gasteiger partial charge on any atom is 0.373 e. The minimum Gasteiger partial charge on any atom is -0.495 e. The van der Waals surface area contributed by atoms with Crippen molar-refractivity contribution in [3.63, 3.8) is 0 Å². The average Bonchev–Trinajstić information content (AvgIpc) is 3.46. The average molecular weight is 543 g/mol. The van der Waals surface area contributed by atoms with E-state index in [1.807, 2.05) is 18.5 Å². The second kappa shape index (κ2) is 16.5. The van der Waals surface area contributed by atoms with E-state index in [4.69, 9.17) is 14.3 Å². The van der Waals surface area contributed by atoms with E-state index in [-0.39, 0.29) is 6.15 Å². The number of fused-ring (bicyclic) bond motifs is 1. The van der Waals surface area contributed by atoms with Crippen molar-refractivity contribution >= 4 is 64.2 Å². The second-order valence-corrected chi connectivity index (χ2v) is 12.2. The number of ether oxygens (including phenoxy) is 2. The van der Waals surface area contributed by atoms with Gasteiger partial charge in [-0.05, 0) is 54.6 Å². The number of methoxy groups -OCH3 is 2. The fourth-order valence-corrected chi connectivity index (χ4v) is 4.82. The number of pyridine rings is 1. The summed E-state index contributed by atoms with van der Waals surface area (Å²) in [7, 11) is 0.0291. The number of amides is 1. The van der Waals surface area contributed by atoms with E-state index >= 15 is 0 Å². The largest absolute Gasteiger partial charge is 0.495 e. The third-order valence-corrected chi connectivity index (χ3v) is 7.12. The van der Waals surface area contributed by atoms with Gasteiger partial charge in [-0.25, -0.2) is 4.79 Å². The molecule has 0 radical (unpaired) electrons. The van der Waals surface area contributed by atoms with E-state index in [2.05, 4.69) is 32.6 Å². The van der Waals surface area contributed by atoms with Gasteiger partial charge in [0, 0.05) is 18.8 Å². The summed E-state index contributed by atoms with van der Waals surface area (Å²) in [6.07, 6.45) is 2.97. The Morgan fingerprint density at radius 3 is 2.23 bits per heavy atom. The zero-order valence-corrected chi connectivity index (χ0v) is 22.6. The molecule has 0 aromatic carbocycles. The topological polar surface area (TPSA) is 146 Å². The van der Waals surface area contributed by atoms with Gasteiger partial charge in [-0.15, -0.1) is 22.7 Å². The Morgan fingerprint density at radius 2 is 1.77 bits per heavy atom. The third-order valence-electron chi connectivity index (χ3n) is 3.85. The van der Waals surface area contributed by atoms with Crippen LogP contribution in [-0.2, 0) is 28.5 Å². The molecule has 1 amide bonds. The van der Waals surface area contributed by atoms with Crippen molar-refractivity contribution in [2.45, 2.75) is 19.6 Å². The lowest BCUT2D eigenvalue weighted by Crippen LogP contribution is -2.39. The Hall–Kier alpha value is -3.17. The molecule has 0 saturated carbocycles. The Morgan fingerprint density at radius 1 is 1.17 bits per heavy atom. The van der Waals surface area contributed by atoms with E-state index in [0.29, 0.717) is 10.6 Å². The molecule has 3 aromatic rings. The van der Waals surface area contributed by atoms with Gasteiger partial charge >= 0.3 is 12.1 Å². The standard InChI is InChI=1S/C8H7NS.C7H14NO4P.C6H6O2S.CO2/c1-6-4-7-2-3-10-8(7)5-9-6;1-5(9)8-6(7(10)12-2)13(3,4)11;1-8-5-2-3-9-6(5)4-7;2-1-3/h2-5H,1H3;6H,1-4H3,(H,8,9);2-4H,1H3;. The van der Waals surface area contributed by atoms with Crippen molar-refractivity contribution in [3.05, 3.63) is 45.7 Å². The van der Waals surface area contributed by atoms with E-state index in [0.717, 1.165) is 12.0 Å². The fourth-order valence-electron chi connectivity index (χ4n) is 2.31. The number of rotatable bonds is 5. The molecule has 0 aliphatic carbocycles. The van der Waals surface area contributed by atoms with Crippen molar-refractivity contribution in [1.29, 1.82) is 0 Å². The van der Waals surface area contributed by atoms with E-state index < -0.39 is 24.8 Å². The van der Waals surface area contributed by atoms with Crippen LogP contribution in [0, 0.1) is 6.92 Å². The van der Waals surface area contributed by atoms with E-state index in [1.54, 1.807) is 24.5 Å². The van der Waals surface area contributed by atoms with Crippen LogP contribution in [0.3, 0.4) is 0 Å². The van der Waals surface area contributed by atoms with Crippen LogP contribution >= 0.6 is 29.8 Å². The molecule has 35 heavy (non-hydrogen) atoms. The minimum atomic E-state index is -2.71. The molecule has 0 fully saturated rings. The van der Waals surface area contributed by atoms with Crippen LogP contribution in [0.5, 0.6) is 5.75 Å². The molecule has 1 unspecified atom stereocenters. The zero-order valence-electron chi connectivity index (χ0n) is 20.1. The van der Waals surface area contributed by atoms with Gasteiger partial charge in [0.1, 0.15) is 17.8 Å². The fraction of sp³-hybridized carbons (Fsp3) is 0.318. The lowest BCUT2D eigenvalue weighted by Gasteiger charge is -2.19. The van der Waals surface area contributed by atoms with Crippen molar-refractivity contribution in [2.75, 3.05) is 27.5 Å². The highest BCUT2D eigenvalue weighted by atomic mass is 32.1. The van der Waals surface area contributed by atoms with Crippen molar-refractivity contribution in [2.24, 2.45) is 0 Å². The van der Waals surface area contributed by atoms with Crippen molar-refractivity contribution in [3.8, 4) is 5.75 Å². The molecule has 190 valence electrons. The normalized spacial score (nSPS) is 10.5. The van der Waals surface area contributed by atoms with E-state index in [1.165, 1.54) is 48.8 Å². The lowest BCUT2D eigenvalue weighted by atomic mass is 10.3. The smallest absolute Gasteiger partial charge is 0.373 e. The highest BCUT2D eigenvalue weighted by Gasteiger charge is 2.31. The summed E-state index contributed by atoms with van der Waals surface area (Å²) in [5, 5.41) is 7.51. The van der Waals surface area contributed by atoms with Gasteiger partial charge in [0.25, 0.3) is 0 Å². The van der Waals surface area contributed by atoms with Crippen molar-refractivity contribution in [1.82, 2.24) is 10.3 Å². The Kier molecular flexibility index (Phi) is 15.0. The van der Waals surface area contributed by atoms with Crippen molar-refractivity contribution < 1.29 is 38.0 Å². The summed E-state index contributed by atoms with van der Waals surface area (Å²) in [5.41, 5.74) is 1.09. The number of aromatic nitrogens is 1. The lowest BCUT2D eigenvalue weighted by molar-refractivity contribution is -0.191. The van der Waals surface area contributed by atoms with Gasteiger partial charge in [0.2, 0.25) is 5.91 Å². The molecule has 3 heterocycles. The van der Waals surface area contributed by atoms with Crippen LogP contribution in [0.4, 0.5) is 0 Å². The van der Waals surface area contributed by atoms with Gasteiger partial charge < -0.3 is 19.4 Å². The number of thiophene rings is 2. The van der Waals surface area contributed by atoms with Gasteiger partial charge in [0.15, 0.2) is 12.1 Å². The first kappa shape index (κ1) is 31.8. The molecule has 1 atom stereocenters. The number of aryl methyl sites for hydroxylation is 1. The number of nitrogens with zero attached hydrogens (tertiary/aromatic N) is 1. The summed E-state index contributed by atoms with van der Waals surface area (Å²) in [5.74, 6) is -1.45. The molecule has 10 nitrogen and oxygen atoms in total. The molecule has 0 spiro atoms. The first-order valence-electron chi connectivity index (χ1n) is 9.70. The van der Waals surface area contributed by atoms with Crippen LogP contribution in [0.15, 0.2) is 35.2 Å². The number of esters is 1. The summed E-state index contributed by atoms with van der Waals surface area (Å²) >= 11 is 3.11. The van der Waals surface area contributed by atoms with Crippen LogP contribution in [-0.4, -0.2) is 62.6 Å². The molecule has 0 saturated heterocycles. The quantitative estimate of drug-likeness (QED) is 0.289. The maximum atomic E-state index is 11.5. The number of carbonyl (C=O) groups is 3. The summed E-state index contributed by atoms with van der Waals surface area (Å²) in [6, 6.07) is 5.99. The molecule has 3 rings (SSSR count). The molecule has 0 bridgehead atoms. The zero-order chi connectivity index (χ0) is 27.0. The van der Waals surface area contributed by atoms with Gasteiger partial charge in [0.05, 0.1) is 18.9 Å². The van der Waals surface area contributed by atoms with Gasteiger partial charge in [-0.2, -0.15) is 9.59 Å². The number of aldehydes is 1. The molecule has 0 aliphatic heterocycles. The Balaban J connectivity index is 0.000000474. The molecular weight excluding hydrogens is 515 g/mol. The van der Waals surface area contributed by atoms with Crippen LogP contribution in [0.2, 0.25) is 0 Å². The number of carbonyl (C=O) groups excluding carboxylic acids is 5. The third kappa shape index (κ3) is 12.2. The SMILES string of the molecule is COC(=O)C(NC(C)=O)P(C)(C)=O.COc1ccsc1C=O.Cc1cc2ccsc2cn1.O=C=O. The maximum absolute atomic E-state index is 11.5. The summed E-state index contributed by atoms with van der Waals surface area (Å²) in [6.45, 7) is 6.11. The molecule has 3 aromatic heterocycles. The first-order chi connectivity index (χ1) is 16.4. The molecule has 1 N–H and O–H groups in total. The Labute approximate surface area is 211 Å². The number of nitrogens with one attached hydrogen (secondary N) is 1. The van der Waals surface area contributed by atoms with Crippen LogP contribution in [0.1, 0.15) is 22.3 Å². The minimum absolute atomic E-state index is 0.250. The highest BCUT2D eigenvalue weighted by Crippen LogP contribution is 2.41. The predicted octanol–water partition coefficient (Wildman–Crippen LogP) is 3.83. The predicted molar refractivity (Wildman–Crippen MR) is 135 cm³/mol. The van der Waals surface area contributed by atoms with Gasteiger partial charge in [-0.1, -0.05) is 0 Å². The Bertz CT molecular complexity index is 1180. The number of hydrogen-bond acceptors (Lipinski definition) is 11.